The quantitative estimate of drug-likeness (QED) is 0.716. The molecule has 0 spiro atoms. The van der Waals surface area contributed by atoms with Crippen molar-refractivity contribution in [2.24, 2.45) is 0 Å². The van der Waals surface area contributed by atoms with Crippen LogP contribution in [0.15, 0.2) is 29.6 Å². The number of aromatic hydroxyl groups is 1. The van der Waals surface area contributed by atoms with Crippen LogP contribution in [0.5, 0.6) is 5.75 Å². The van der Waals surface area contributed by atoms with Gasteiger partial charge in [-0.15, -0.1) is 23.7 Å². The highest BCUT2D eigenvalue weighted by atomic mass is 35.5. The summed E-state index contributed by atoms with van der Waals surface area (Å²) in [5.41, 5.74) is 2.23. The smallest absolute Gasteiger partial charge is 0.202 e. The minimum atomic E-state index is 0. The Morgan fingerprint density at radius 1 is 1.25 bits per heavy atom. The minimum absolute atomic E-state index is 0. The molecule has 134 valence electrons. The fourth-order valence-electron chi connectivity index (χ4n) is 2.18. The van der Waals surface area contributed by atoms with Gasteiger partial charge in [-0.05, 0) is 60.6 Å². The number of hydrogen-bond donors (Lipinski definition) is 2. The summed E-state index contributed by atoms with van der Waals surface area (Å²) in [6, 6.07) is 7.25. The Balaban J connectivity index is 0.000000777. The lowest BCUT2D eigenvalue weighted by molar-refractivity contribution is 0.104. The normalized spacial score (nSPS) is 9.92. The first-order valence-corrected chi connectivity index (χ1v) is 8.92. The van der Waals surface area contributed by atoms with Crippen LogP contribution in [-0.2, 0) is 0 Å². The van der Waals surface area contributed by atoms with Gasteiger partial charge in [0.15, 0.2) is 0 Å². The number of halogens is 1. The predicted octanol–water partition coefficient (Wildman–Crippen LogP) is 5.15. The third kappa shape index (κ3) is 6.27. The van der Waals surface area contributed by atoms with E-state index in [9.17, 15) is 9.90 Å². The first-order valence-electron chi connectivity index (χ1n) is 8.04. The highest BCUT2D eigenvalue weighted by molar-refractivity contribution is 7.12. The Morgan fingerprint density at radius 2 is 1.88 bits per heavy atom. The topological polar surface area (TPSA) is 49.3 Å². The summed E-state index contributed by atoms with van der Waals surface area (Å²) in [6.07, 6.45) is 0. The van der Waals surface area contributed by atoms with Gasteiger partial charge in [0.05, 0.1) is 4.88 Å². The van der Waals surface area contributed by atoms with E-state index in [0.717, 1.165) is 29.1 Å². The SMILES string of the molecule is CCNCC.Cc1cc(C(=O)c2cccs2)cc(C(C)C)c1O.Cl. The minimum Gasteiger partial charge on any atom is -0.507 e. The van der Waals surface area contributed by atoms with E-state index >= 15 is 0 Å². The number of aryl methyl sites for hydroxylation is 1. The van der Waals surface area contributed by atoms with Gasteiger partial charge in [-0.25, -0.2) is 0 Å². The Bertz CT molecular complexity index is 623. The summed E-state index contributed by atoms with van der Waals surface area (Å²) in [5, 5.41) is 15.0. The molecule has 2 rings (SSSR count). The molecule has 0 aliphatic carbocycles. The first-order chi connectivity index (χ1) is 10.9. The van der Waals surface area contributed by atoms with Crippen molar-refractivity contribution in [1.29, 1.82) is 0 Å². The molecule has 0 amide bonds. The molecule has 0 radical (unpaired) electrons. The van der Waals surface area contributed by atoms with Crippen LogP contribution < -0.4 is 5.32 Å². The molecule has 1 heterocycles. The molecule has 24 heavy (non-hydrogen) atoms. The fourth-order valence-corrected chi connectivity index (χ4v) is 2.86. The van der Waals surface area contributed by atoms with Gasteiger partial charge in [-0.1, -0.05) is 33.8 Å². The molecule has 2 aromatic rings. The van der Waals surface area contributed by atoms with E-state index < -0.39 is 0 Å². The van der Waals surface area contributed by atoms with Crippen molar-refractivity contribution in [2.75, 3.05) is 13.1 Å². The average molecular weight is 370 g/mol. The molecule has 0 saturated heterocycles. The molecule has 0 aliphatic rings. The van der Waals surface area contributed by atoms with E-state index in [0.29, 0.717) is 11.3 Å². The molecule has 0 fully saturated rings. The van der Waals surface area contributed by atoms with Crippen molar-refractivity contribution >= 4 is 29.5 Å². The highest BCUT2D eigenvalue weighted by Crippen LogP contribution is 2.31. The summed E-state index contributed by atoms with van der Waals surface area (Å²) in [6.45, 7) is 12.2. The third-order valence-corrected chi connectivity index (χ3v) is 4.33. The molecule has 0 saturated carbocycles. The van der Waals surface area contributed by atoms with Crippen LogP contribution in [0.4, 0.5) is 0 Å². The summed E-state index contributed by atoms with van der Waals surface area (Å²) >= 11 is 1.44. The molecule has 0 unspecified atom stereocenters. The molecule has 1 aromatic carbocycles. The maximum absolute atomic E-state index is 12.3. The van der Waals surface area contributed by atoms with E-state index in [1.165, 1.54) is 11.3 Å². The number of nitrogens with one attached hydrogen (secondary N) is 1. The van der Waals surface area contributed by atoms with Crippen LogP contribution in [-0.4, -0.2) is 24.0 Å². The third-order valence-electron chi connectivity index (χ3n) is 3.46. The van der Waals surface area contributed by atoms with Gasteiger partial charge in [0, 0.05) is 5.56 Å². The van der Waals surface area contributed by atoms with Gasteiger partial charge in [0.2, 0.25) is 5.78 Å². The lowest BCUT2D eigenvalue weighted by atomic mass is 9.95. The second kappa shape index (κ2) is 11.2. The largest absolute Gasteiger partial charge is 0.507 e. The molecule has 1 aromatic heterocycles. The summed E-state index contributed by atoms with van der Waals surface area (Å²) in [7, 11) is 0. The van der Waals surface area contributed by atoms with Gasteiger partial charge in [-0.2, -0.15) is 0 Å². The monoisotopic (exact) mass is 369 g/mol. The Labute approximate surface area is 155 Å². The second-order valence-electron chi connectivity index (χ2n) is 5.65. The number of carbonyl (C=O) groups excluding carboxylic acids is 1. The zero-order valence-electron chi connectivity index (χ0n) is 15.1. The molecule has 0 atom stereocenters. The van der Waals surface area contributed by atoms with Crippen LogP contribution in [0.25, 0.3) is 0 Å². The van der Waals surface area contributed by atoms with Crippen molar-refractivity contribution in [3.8, 4) is 5.75 Å². The zero-order chi connectivity index (χ0) is 17.4. The van der Waals surface area contributed by atoms with Gasteiger partial charge in [-0.3, -0.25) is 4.79 Å². The Morgan fingerprint density at radius 3 is 2.29 bits per heavy atom. The molecular formula is C19H28ClNO2S. The number of phenolic OH excluding ortho intramolecular Hbond substituents is 1. The standard InChI is InChI=1S/C15H16O2S.C4H11N.ClH/c1-9(2)12-8-11(7-10(3)14(12)16)15(17)13-5-4-6-18-13;1-3-5-4-2;/h4-9,16H,1-3H3;5H,3-4H2,1-2H3;1H. The van der Waals surface area contributed by atoms with Gasteiger partial charge in [0.25, 0.3) is 0 Å². The molecule has 5 heteroatoms. The van der Waals surface area contributed by atoms with Crippen LogP contribution in [0.3, 0.4) is 0 Å². The Kier molecular flexibility index (Phi) is 10.6. The summed E-state index contributed by atoms with van der Waals surface area (Å²) in [4.78, 5) is 13.0. The number of thiophene rings is 1. The lowest BCUT2D eigenvalue weighted by Gasteiger charge is -2.12. The predicted molar refractivity (Wildman–Crippen MR) is 106 cm³/mol. The van der Waals surface area contributed by atoms with Gasteiger partial charge < -0.3 is 10.4 Å². The van der Waals surface area contributed by atoms with Crippen molar-refractivity contribution in [3.63, 3.8) is 0 Å². The van der Waals surface area contributed by atoms with E-state index in [1.807, 2.05) is 38.3 Å². The summed E-state index contributed by atoms with van der Waals surface area (Å²) < 4.78 is 0. The van der Waals surface area contributed by atoms with Crippen LogP contribution in [0.2, 0.25) is 0 Å². The maximum atomic E-state index is 12.3. The molecule has 0 bridgehead atoms. The molecular weight excluding hydrogens is 342 g/mol. The molecule has 0 aliphatic heterocycles. The van der Waals surface area contributed by atoms with E-state index in [4.69, 9.17) is 0 Å². The number of hydrogen-bond acceptors (Lipinski definition) is 4. The zero-order valence-corrected chi connectivity index (χ0v) is 16.7. The highest BCUT2D eigenvalue weighted by Gasteiger charge is 2.16. The van der Waals surface area contributed by atoms with E-state index in [2.05, 4.69) is 19.2 Å². The maximum Gasteiger partial charge on any atom is 0.202 e. The average Bonchev–Trinajstić information content (AvgIpc) is 3.04. The van der Waals surface area contributed by atoms with Crippen LogP contribution in [0, 0.1) is 6.92 Å². The number of rotatable bonds is 5. The fraction of sp³-hybridized carbons (Fsp3) is 0.421. The van der Waals surface area contributed by atoms with Gasteiger partial charge in [0.1, 0.15) is 5.75 Å². The van der Waals surface area contributed by atoms with Crippen molar-refractivity contribution in [2.45, 2.75) is 40.5 Å². The lowest BCUT2D eigenvalue weighted by Crippen LogP contribution is -2.09. The first kappa shape index (κ1) is 22.6. The van der Waals surface area contributed by atoms with E-state index in [-0.39, 0.29) is 24.1 Å². The summed E-state index contributed by atoms with van der Waals surface area (Å²) in [5.74, 6) is 0.516. The van der Waals surface area contributed by atoms with Crippen LogP contribution >= 0.6 is 23.7 Å². The van der Waals surface area contributed by atoms with Crippen LogP contribution in [0.1, 0.15) is 60.0 Å². The second-order valence-corrected chi connectivity index (χ2v) is 6.60. The number of benzene rings is 1. The molecule has 3 nitrogen and oxygen atoms in total. The number of carbonyl (C=O) groups is 1. The van der Waals surface area contributed by atoms with Crippen molar-refractivity contribution < 1.29 is 9.90 Å². The number of phenols is 1. The molecule has 2 N–H and O–H groups in total. The Hall–Kier alpha value is -1.36. The van der Waals surface area contributed by atoms with E-state index in [1.54, 1.807) is 12.1 Å². The number of ketones is 1. The van der Waals surface area contributed by atoms with Gasteiger partial charge >= 0.3 is 0 Å². The van der Waals surface area contributed by atoms with Crippen molar-refractivity contribution in [1.82, 2.24) is 5.32 Å². The van der Waals surface area contributed by atoms with Crippen molar-refractivity contribution in [3.05, 3.63) is 51.2 Å².